The van der Waals surface area contributed by atoms with Crippen molar-refractivity contribution in [1.82, 2.24) is 15.1 Å². The monoisotopic (exact) mass is 515 g/mol. The van der Waals surface area contributed by atoms with Crippen LogP contribution in [0.25, 0.3) is 0 Å². The van der Waals surface area contributed by atoms with Crippen LogP contribution in [0.5, 0.6) is 0 Å². The fourth-order valence-electron chi connectivity index (χ4n) is 3.68. The van der Waals surface area contributed by atoms with Gasteiger partial charge in [-0.15, -0.1) is 0 Å². The van der Waals surface area contributed by atoms with E-state index in [2.05, 4.69) is 5.32 Å². The van der Waals surface area contributed by atoms with Crippen molar-refractivity contribution >= 4 is 39.2 Å². The predicted octanol–water partition coefficient (Wildman–Crippen LogP) is 2.45. The second-order valence-electron chi connectivity index (χ2n) is 7.81. The molecule has 2 aromatic carbocycles. The van der Waals surface area contributed by atoms with E-state index in [1.54, 1.807) is 30.3 Å². The lowest BCUT2D eigenvalue weighted by molar-refractivity contribution is -0.132. The zero-order valence-electron chi connectivity index (χ0n) is 18.5. The van der Waals surface area contributed by atoms with Gasteiger partial charge in [0, 0.05) is 36.8 Å². The minimum atomic E-state index is -4.31. The zero-order chi connectivity index (χ0) is 25.0. The van der Waals surface area contributed by atoms with Gasteiger partial charge in [0.25, 0.3) is 17.7 Å². The Balaban J connectivity index is 1.56. The fourth-order valence-corrected chi connectivity index (χ4v) is 5.27. The highest BCUT2D eigenvalue weighted by Crippen LogP contribution is 2.21. The molecule has 4 rings (SSSR count). The molecular formula is C24H22ClN3O6S. The van der Waals surface area contributed by atoms with Crippen LogP contribution >= 0.6 is 11.6 Å². The molecule has 0 saturated carbocycles. The lowest BCUT2D eigenvalue weighted by atomic mass is 10.2. The van der Waals surface area contributed by atoms with Gasteiger partial charge in [0.2, 0.25) is 15.2 Å². The minimum absolute atomic E-state index is 0.0964. The Morgan fingerprint density at radius 3 is 2.09 bits per heavy atom. The summed E-state index contributed by atoms with van der Waals surface area (Å²) < 4.78 is 32.0. The average molecular weight is 516 g/mol. The van der Waals surface area contributed by atoms with Gasteiger partial charge in [-0.2, -0.15) is 0 Å². The normalized spacial score (nSPS) is 14.9. The first-order valence-corrected chi connectivity index (χ1v) is 12.7. The molecule has 1 N–H and O–H groups in total. The van der Waals surface area contributed by atoms with E-state index < -0.39 is 27.0 Å². The summed E-state index contributed by atoms with van der Waals surface area (Å²) in [4.78, 5) is 41.5. The molecule has 1 saturated heterocycles. The molecule has 0 aliphatic carbocycles. The third-order valence-corrected chi connectivity index (χ3v) is 7.71. The summed E-state index contributed by atoms with van der Waals surface area (Å²) in [6.07, 6.45) is 1.40. The summed E-state index contributed by atoms with van der Waals surface area (Å²) in [5.74, 6) is -1.62. The van der Waals surface area contributed by atoms with Gasteiger partial charge in [-0.1, -0.05) is 29.8 Å². The molecular weight excluding hydrogens is 494 g/mol. The molecule has 3 amide bonds. The van der Waals surface area contributed by atoms with Crippen LogP contribution in [0.15, 0.2) is 82.3 Å². The number of sulfone groups is 1. The minimum Gasteiger partial charge on any atom is -0.459 e. The summed E-state index contributed by atoms with van der Waals surface area (Å²) in [6, 6.07) is 16.5. The van der Waals surface area contributed by atoms with Gasteiger partial charge in [-0.3, -0.25) is 14.4 Å². The maximum Gasteiger partial charge on any atom is 0.289 e. The van der Waals surface area contributed by atoms with Crippen LogP contribution in [0.3, 0.4) is 0 Å². The van der Waals surface area contributed by atoms with Gasteiger partial charge in [-0.05, 0) is 48.5 Å². The molecule has 1 aliphatic heterocycles. The van der Waals surface area contributed by atoms with Crippen molar-refractivity contribution in [1.29, 1.82) is 0 Å². The molecule has 0 spiro atoms. The first-order valence-electron chi connectivity index (χ1n) is 10.7. The molecule has 1 atom stereocenters. The van der Waals surface area contributed by atoms with Gasteiger partial charge in [-0.25, -0.2) is 8.42 Å². The highest BCUT2D eigenvalue weighted by Gasteiger charge is 2.39. The Morgan fingerprint density at radius 2 is 1.49 bits per heavy atom. The molecule has 1 fully saturated rings. The van der Waals surface area contributed by atoms with Gasteiger partial charge >= 0.3 is 0 Å². The Morgan fingerprint density at radius 1 is 0.857 bits per heavy atom. The molecule has 3 aromatic rings. The largest absolute Gasteiger partial charge is 0.459 e. The number of carbonyl (C=O) groups excluding carboxylic acids is 3. The summed E-state index contributed by atoms with van der Waals surface area (Å²) in [5.41, 5.74) is 0.213. The highest BCUT2D eigenvalue weighted by molar-refractivity contribution is 7.92. The number of amides is 3. The molecule has 35 heavy (non-hydrogen) atoms. The van der Waals surface area contributed by atoms with Gasteiger partial charge in [0.05, 0.1) is 11.2 Å². The summed E-state index contributed by atoms with van der Waals surface area (Å²) in [5, 5.41) is 0.867. The van der Waals surface area contributed by atoms with Crippen LogP contribution < -0.4 is 5.32 Å². The van der Waals surface area contributed by atoms with Crippen molar-refractivity contribution in [3.05, 3.63) is 89.3 Å². The second kappa shape index (κ2) is 10.3. The Labute approximate surface area is 207 Å². The Bertz CT molecular complexity index is 1300. The number of furan rings is 1. The Hall–Kier alpha value is -3.63. The number of nitrogens with one attached hydrogen (secondary N) is 1. The van der Waals surface area contributed by atoms with E-state index in [-0.39, 0.29) is 48.3 Å². The second-order valence-corrected chi connectivity index (χ2v) is 10.3. The molecule has 11 heteroatoms. The number of benzene rings is 2. The van der Waals surface area contributed by atoms with E-state index in [4.69, 9.17) is 16.0 Å². The molecule has 0 unspecified atom stereocenters. The maximum atomic E-state index is 13.4. The van der Waals surface area contributed by atoms with Crippen LogP contribution in [0.2, 0.25) is 5.02 Å². The topological polar surface area (TPSA) is 117 Å². The number of hydrogen-bond acceptors (Lipinski definition) is 6. The number of rotatable bonds is 6. The molecule has 2 heterocycles. The SMILES string of the molecule is O=C(N[C@H](C(=O)N1CCN(C(=O)c2ccco2)CC1)S(=O)(=O)c1ccc(Cl)cc1)c1ccccc1. The van der Waals surface area contributed by atoms with Crippen LogP contribution in [0.1, 0.15) is 20.9 Å². The standard InChI is InChI=1S/C24H22ClN3O6S/c25-18-8-10-19(11-9-18)35(32,33)22(26-21(29)17-5-2-1-3-6-17)24(31)28-14-12-27(13-15-28)23(30)20-7-4-16-34-20/h1-11,16,22H,12-15H2,(H,26,29)/t22-/m0/s1. The summed E-state index contributed by atoms with van der Waals surface area (Å²) >= 11 is 5.89. The molecule has 9 nitrogen and oxygen atoms in total. The molecule has 1 aromatic heterocycles. The zero-order valence-corrected chi connectivity index (χ0v) is 20.0. The number of nitrogens with zero attached hydrogens (tertiary/aromatic N) is 2. The lowest BCUT2D eigenvalue weighted by Crippen LogP contribution is -2.57. The van der Waals surface area contributed by atoms with Crippen molar-refractivity contribution in [3.8, 4) is 0 Å². The molecule has 182 valence electrons. The predicted molar refractivity (Wildman–Crippen MR) is 128 cm³/mol. The Kier molecular flexibility index (Phi) is 7.23. The van der Waals surface area contributed by atoms with Crippen LogP contribution in [0.4, 0.5) is 0 Å². The third kappa shape index (κ3) is 5.39. The van der Waals surface area contributed by atoms with Crippen LogP contribution in [0, 0.1) is 0 Å². The van der Waals surface area contributed by atoms with E-state index in [0.717, 1.165) is 0 Å². The van der Waals surface area contributed by atoms with E-state index in [1.807, 2.05) is 0 Å². The smallest absolute Gasteiger partial charge is 0.289 e. The van der Waals surface area contributed by atoms with Crippen molar-refractivity contribution in [2.45, 2.75) is 10.3 Å². The van der Waals surface area contributed by atoms with Crippen molar-refractivity contribution in [2.24, 2.45) is 0 Å². The van der Waals surface area contributed by atoms with E-state index in [0.29, 0.717) is 5.02 Å². The highest BCUT2D eigenvalue weighted by atomic mass is 35.5. The van der Waals surface area contributed by atoms with Gasteiger partial charge < -0.3 is 19.5 Å². The first kappa shape index (κ1) is 24.5. The van der Waals surface area contributed by atoms with Crippen molar-refractivity contribution in [2.75, 3.05) is 26.2 Å². The van der Waals surface area contributed by atoms with Crippen LogP contribution in [-0.2, 0) is 14.6 Å². The van der Waals surface area contributed by atoms with Gasteiger partial charge in [0.1, 0.15) is 0 Å². The van der Waals surface area contributed by atoms with Gasteiger partial charge in [0.15, 0.2) is 5.76 Å². The van der Waals surface area contributed by atoms with E-state index >= 15 is 0 Å². The molecule has 0 radical (unpaired) electrons. The van der Waals surface area contributed by atoms with Crippen molar-refractivity contribution in [3.63, 3.8) is 0 Å². The lowest BCUT2D eigenvalue weighted by Gasteiger charge is -2.36. The van der Waals surface area contributed by atoms with Crippen molar-refractivity contribution < 1.29 is 27.2 Å². The molecule has 0 bridgehead atoms. The average Bonchev–Trinajstić information content (AvgIpc) is 3.42. The maximum absolute atomic E-state index is 13.4. The molecule has 1 aliphatic rings. The number of piperazine rings is 1. The number of hydrogen-bond donors (Lipinski definition) is 1. The summed E-state index contributed by atoms with van der Waals surface area (Å²) in [6.45, 7) is 0.565. The first-order chi connectivity index (χ1) is 16.8. The summed E-state index contributed by atoms with van der Waals surface area (Å²) in [7, 11) is -4.31. The quantitative estimate of drug-likeness (QED) is 0.539. The number of carbonyl (C=O) groups is 3. The van der Waals surface area contributed by atoms with Crippen LogP contribution in [-0.4, -0.2) is 67.5 Å². The van der Waals surface area contributed by atoms with E-state index in [1.165, 1.54) is 52.5 Å². The number of halogens is 1. The third-order valence-electron chi connectivity index (χ3n) is 5.59. The fraction of sp³-hybridized carbons (Fsp3) is 0.208. The van der Waals surface area contributed by atoms with E-state index in [9.17, 15) is 22.8 Å².